The predicted octanol–water partition coefficient (Wildman–Crippen LogP) is 5.13. The third-order valence-corrected chi connectivity index (χ3v) is 8.21. The fourth-order valence-electron chi connectivity index (χ4n) is 5.12. The van der Waals surface area contributed by atoms with Crippen LogP contribution in [-0.4, -0.2) is 33.7 Å². The van der Waals surface area contributed by atoms with Gasteiger partial charge in [0.1, 0.15) is 16.7 Å². The van der Waals surface area contributed by atoms with Crippen LogP contribution < -0.4 is 21.7 Å². The smallest absolute Gasteiger partial charge is 0.273 e. The van der Waals surface area contributed by atoms with Crippen molar-refractivity contribution in [2.45, 2.75) is 64.3 Å². The molecule has 2 aromatic carbocycles. The SMILES string of the molecule is CC(C)CCNC(=O)[C@H](c1ccc(O)cc1)N(C(=O)c1snc(C(N)=O)c1N)c1ccc(C2CCCCC2)cc1. The molecule has 3 amide bonds. The highest BCUT2D eigenvalue weighted by Gasteiger charge is 2.36. The highest BCUT2D eigenvalue weighted by Crippen LogP contribution is 2.37. The van der Waals surface area contributed by atoms with Crippen LogP contribution in [0.2, 0.25) is 0 Å². The Labute approximate surface area is 238 Å². The molecule has 212 valence electrons. The summed E-state index contributed by atoms with van der Waals surface area (Å²) in [6.45, 7) is 4.56. The van der Waals surface area contributed by atoms with Crippen molar-refractivity contribution in [1.29, 1.82) is 0 Å². The number of nitrogens with two attached hydrogens (primary N) is 2. The maximum Gasteiger partial charge on any atom is 0.273 e. The van der Waals surface area contributed by atoms with Crippen LogP contribution in [0, 0.1) is 5.92 Å². The Bertz CT molecular complexity index is 1330. The van der Waals surface area contributed by atoms with Gasteiger partial charge < -0.3 is 21.9 Å². The summed E-state index contributed by atoms with van der Waals surface area (Å²) in [5.41, 5.74) is 13.5. The summed E-state index contributed by atoms with van der Waals surface area (Å²) in [6.07, 6.45) is 6.67. The van der Waals surface area contributed by atoms with Crippen LogP contribution in [0.25, 0.3) is 0 Å². The van der Waals surface area contributed by atoms with E-state index in [1.807, 2.05) is 24.3 Å². The maximum atomic E-state index is 14.2. The van der Waals surface area contributed by atoms with Gasteiger partial charge in [-0.05, 0) is 78.0 Å². The van der Waals surface area contributed by atoms with E-state index in [1.165, 1.54) is 41.9 Å². The van der Waals surface area contributed by atoms with Gasteiger partial charge in [-0.1, -0.05) is 57.4 Å². The molecule has 1 atom stereocenters. The molecule has 1 aliphatic rings. The molecule has 0 aliphatic heterocycles. The van der Waals surface area contributed by atoms with Crippen LogP contribution in [0.15, 0.2) is 48.5 Å². The molecule has 6 N–H and O–H groups in total. The van der Waals surface area contributed by atoms with Gasteiger partial charge in [-0.25, -0.2) is 0 Å². The highest BCUT2D eigenvalue weighted by molar-refractivity contribution is 7.09. The van der Waals surface area contributed by atoms with Crippen LogP contribution in [0.3, 0.4) is 0 Å². The van der Waals surface area contributed by atoms with Crippen LogP contribution in [-0.2, 0) is 4.79 Å². The number of hydrogen-bond donors (Lipinski definition) is 4. The van der Waals surface area contributed by atoms with Gasteiger partial charge in [0.15, 0.2) is 5.69 Å². The average Bonchev–Trinajstić information content (AvgIpc) is 3.34. The number of carbonyl (C=O) groups is 3. The molecule has 1 fully saturated rings. The first-order chi connectivity index (χ1) is 19.2. The number of nitrogens with one attached hydrogen (secondary N) is 1. The first kappa shape index (κ1) is 29.1. The fraction of sp³-hybridized carbons (Fsp3) is 0.400. The second-order valence-corrected chi connectivity index (χ2v) is 11.5. The summed E-state index contributed by atoms with van der Waals surface area (Å²) in [5.74, 6) is -0.914. The number of amides is 3. The largest absolute Gasteiger partial charge is 0.508 e. The molecule has 0 bridgehead atoms. The van der Waals surface area contributed by atoms with Gasteiger partial charge in [-0.2, -0.15) is 4.37 Å². The zero-order valence-corrected chi connectivity index (χ0v) is 23.7. The summed E-state index contributed by atoms with van der Waals surface area (Å²) in [6, 6.07) is 12.8. The molecule has 4 rings (SSSR count). The minimum absolute atomic E-state index is 0.0175. The van der Waals surface area contributed by atoms with E-state index in [0.29, 0.717) is 29.6 Å². The van der Waals surface area contributed by atoms with Gasteiger partial charge >= 0.3 is 0 Å². The zero-order valence-electron chi connectivity index (χ0n) is 22.9. The Hall–Kier alpha value is -3.92. The van der Waals surface area contributed by atoms with E-state index in [2.05, 4.69) is 23.5 Å². The number of benzene rings is 2. The van der Waals surface area contributed by atoms with E-state index >= 15 is 0 Å². The second kappa shape index (κ2) is 13.0. The number of phenolic OH excluding ortho intramolecular Hbond substituents is 1. The number of primary amides is 1. The van der Waals surface area contributed by atoms with Crippen molar-refractivity contribution in [1.82, 2.24) is 9.69 Å². The number of aromatic hydroxyl groups is 1. The van der Waals surface area contributed by atoms with Crippen LogP contribution >= 0.6 is 11.5 Å². The molecular formula is C30H37N5O4S. The molecule has 1 aromatic heterocycles. The highest BCUT2D eigenvalue weighted by atomic mass is 32.1. The molecule has 1 aliphatic carbocycles. The van der Waals surface area contributed by atoms with E-state index < -0.39 is 17.9 Å². The second-order valence-electron chi connectivity index (χ2n) is 10.7. The molecule has 1 saturated carbocycles. The third kappa shape index (κ3) is 6.62. The summed E-state index contributed by atoms with van der Waals surface area (Å²) in [5, 5.41) is 12.9. The van der Waals surface area contributed by atoms with Crippen molar-refractivity contribution in [2.24, 2.45) is 11.7 Å². The Morgan fingerprint density at radius 1 is 1.05 bits per heavy atom. The average molecular weight is 564 g/mol. The van der Waals surface area contributed by atoms with Gasteiger partial charge in [0.05, 0.1) is 5.69 Å². The quantitative estimate of drug-likeness (QED) is 0.268. The van der Waals surface area contributed by atoms with Crippen molar-refractivity contribution < 1.29 is 19.5 Å². The summed E-state index contributed by atoms with van der Waals surface area (Å²) in [7, 11) is 0. The number of phenols is 1. The zero-order chi connectivity index (χ0) is 28.8. The van der Waals surface area contributed by atoms with E-state index in [4.69, 9.17) is 11.5 Å². The van der Waals surface area contributed by atoms with Crippen LogP contribution in [0.1, 0.15) is 95.6 Å². The van der Waals surface area contributed by atoms with Crippen molar-refractivity contribution in [3.8, 4) is 5.75 Å². The number of anilines is 2. The molecule has 1 heterocycles. The number of nitrogens with zero attached hydrogens (tertiary/aromatic N) is 2. The molecule has 9 nitrogen and oxygen atoms in total. The molecule has 0 unspecified atom stereocenters. The van der Waals surface area contributed by atoms with Crippen molar-refractivity contribution in [3.05, 3.63) is 70.2 Å². The van der Waals surface area contributed by atoms with Gasteiger partial charge in [0.2, 0.25) is 5.91 Å². The number of aromatic nitrogens is 1. The Morgan fingerprint density at radius 2 is 1.70 bits per heavy atom. The fourth-order valence-corrected chi connectivity index (χ4v) is 5.86. The maximum absolute atomic E-state index is 14.2. The summed E-state index contributed by atoms with van der Waals surface area (Å²) < 4.78 is 4.01. The lowest BCUT2D eigenvalue weighted by molar-refractivity contribution is -0.122. The molecule has 40 heavy (non-hydrogen) atoms. The molecule has 10 heteroatoms. The summed E-state index contributed by atoms with van der Waals surface area (Å²) >= 11 is 0.771. The number of rotatable bonds is 10. The molecule has 0 saturated heterocycles. The molecule has 3 aromatic rings. The van der Waals surface area contributed by atoms with E-state index in [1.54, 1.807) is 12.1 Å². The lowest BCUT2D eigenvalue weighted by Crippen LogP contribution is -2.44. The van der Waals surface area contributed by atoms with Gasteiger partial charge in [0.25, 0.3) is 11.8 Å². The van der Waals surface area contributed by atoms with E-state index in [-0.39, 0.29) is 27.9 Å². The molecular weight excluding hydrogens is 526 g/mol. The van der Waals surface area contributed by atoms with Crippen molar-refractivity contribution in [3.63, 3.8) is 0 Å². The number of carbonyl (C=O) groups excluding carboxylic acids is 3. The standard InChI is InChI=1S/C30H37N5O4S/c1-18(2)16-17-33-29(38)26(21-10-14-23(36)15-11-21)35(30(39)27-24(31)25(28(32)37)34-40-27)22-12-8-20(9-13-22)19-6-4-3-5-7-19/h8-15,18-19,26,36H,3-7,16-17,31H2,1-2H3,(H2,32,37)(H,33,38)/t26-/m0/s1. The number of nitrogen functional groups attached to an aromatic ring is 1. The Balaban J connectivity index is 1.80. The van der Waals surface area contributed by atoms with Crippen molar-refractivity contribution in [2.75, 3.05) is 17.2 Å². The minimum atomic E-state index is -1.08. The number of hydrogen-bond acceptors (Lipinski definition) is 7. The van der Waals surface area contributed by atoms with Crippen molar-refractivity contribution >= 4 is 40.6 Å². The topological polar surface area (TPSA) is 152 Å². The minimum Gasteiger partial charge on any atom is -0.508 e. The van der Waals surface area contributed by atoms with Crippen LogP contribution in [0.4, 0.5) is 11.4 Å². The Kier molecular flexibility index (Phi) is 9.42. The predicted molar refractivity (Wildman–Crippen MR) is 157 cm³/mol. The van der Waals surface area contributed by atoms with Gasteiger partial charge in [-0.3, -0.25) is 19.3 Å². The van der Waals surface area contributed by atoms with E-state index in [9.17, 15) is 19.5 Å². The lowest BCUT2D eigenvalue weighted by Gasteiger charge is -2.32. The first-order valence-corrected chi connectivity index (χ1v) is 14.5. The van der Waals surface area contributed by atoms with Crippen LogP contribution in [0.5, 0.6) is 5.75 Å². The first-order valence-electron chi connectivity index (χ1n) is 13.7. The lowest BCUT2D eigenvalue weighted by atomic mass is 9.84. The molecule has 0 radical (unpaired) electrons. The van der Waals surface area contributed by atoms with Gasteiger partial charge in [-0.15, -0.1) is 0 Å². The van der Waals surface area contributed by atoms with E-state index in [0.717, 1.165) is 30.8 Å². The monoisotopic (exact) mass is 563 g/mol. The third-order valence-electron chi connectivity index (χ3n) is 7.36. The summed E-state index contributed by atoms with van der Waals surface area (Å²) in [4.78, 5) is 41.2. The Morgan fingerprint density at radius 3 is 2.27 bits per heavy atom. The normalized spacial score (nSPS) is 14.6. The van der Waals surface area contributed by atoms with Gasteiger partial charge in [0, 0.05) is 12.2 Å². The molecule has 0 spiro atoms.